The SMILES string of the molecule is NNc1nc2ccc(F)cc2[nH]1. The predicted octanol–water partition coefficient (Wildman–Crippen LogP) is 0.988. The maximum absolute atomic E-state index is 12.7. The Labute approximate surface area is 67.6 Å². The van der Waals surface area contributed by atoms with Crippen LogP contribution in [0.4, 0.5) is 10.3 Å². The number of anilines is 1. The fourth-order valence-electron chi connectivity index (χ4n) is 1.05. The second-order valence-corrected chi connectivity index (χ2v) is 2.39. The van der Waals surface area contributed by atoms with Gasteiger partial charge in [0.1, 0.15) is 5.82 Å². The number of halogens is 1. The Morgan fingerprint density at radius 2 is 2.33 bits per heavy atom. The van der Waals surface area contributed by atoms with E-state index in [0.717, 1.165) is 0 Å². The highest BCUT2D eigenvalue weighted by atomic mass is 19.1. The minimum atomic E-state index is -0.297. The smallest absolute Gasteiger partial charge is 0.215 e. The molecule has 0 atom stereocenters. The Morgan fingerprint density at radius 1 is 1.50 bits per heavy atom. The molecule has 0 amide bonds. The number of imidazole rings is 1. The first kappa shape index (κ1) is 7.05. The summed E-state index contributed by atoms with van der Waals surface area (Å²) in [5, 5.41) is 0. The van der Waals surface area contributed by atoms with Gasteiger partial charge in [-0.05, 0) is 18.2 Å². The highest BCUT2D eigenvalue weighted by molar-refractivity contribution is 5.77. The van der Waals surface area contributed by atoms with Crippen molar-refractivity contribution in [1.29, 1.82) is 0 Å². The predicted molar refractivity (Wildman–Crippen MR) is 43.9 cm³/mol. The summed E-state index contributed by atoms with van der Waals surface area (Å²) < 4.78 is 12.7. The van der Waals surface area contributed by atoms with Gasteiger partial charge >= 0.3 is 0 Å². The van der Waals surface area contributed by atoms with Gasteiger partial charge in [-0.1, -0.05) is 0 Å². The molecule has 0 unspecified atom stereocenters. The fraction of sp³-hybridized carbons (Fsp3) is 0. The molecule has 62 valence electrons. The monoisotopic (exact) mass is 166 g/mol. The van der Waals surface area contributed by atoms with E-state index in [0.29, 0.717) is 17.0 Å². The van der Waals surface area contributed by atoms with E-state index >= 15 is 0 Å². The molecular weight excluding hydrogens is 159 g/mol. The lowest BCUT2D eigenvalue weighted by molar-refractivity contribution is 0.629. The summed E-state index contributed by atoms with van der Waals surface area (Å²) >= 11 is 0. The third kappa shape index (κ3) is 0.998. The van der Waals surface area contributed by atoms with Gasteiger partial charge in [-0.2, -0.15) is 0 Å². The van der Waals surface area contributed by atoms with Crippen molar-refractivity contribution in [1.82, 2.24) is 9.97 Å². The van der Waals surface area contributed by atoms with Crippen LogP contribution in [0.3, 0.4) is 0 Å². The molecule has 2 rings (SSSR count). The highest BCUT2D eigenvalue weighted by Crippen LogP contribution is 2.14. The number of benzene rings is 1. The van der Waals surface area contributed by atoms with E-state index in [-0.39, 0.29) is 5.82 Å². The summed E-state index contributed by atoms with van der Waals surface area (Å²) in [6, 6.07) is 4.30. The van der Waals surface area contributed by atoms with E-state index in [1.165, 1.54) is 12.1 Å². The van der Waals surface area contributed by atoms with Crippen LogP contribution in [-0.4, -0.2) is 9.97 Å². The summed E-state index contributed by atoms with van der Waals surface area (Å²) in [5.41, 5.74) is 3.66. The molecule has 2 aromatic rings. The second-order valence-electron chi connectivity index (χ2n) is 2.39. The number of hydrogen-bond donors (Lipinski definition) is 3. The van der Waals surface area contributed by atoms with Gasteiger partial charge in [0.25, 0.3) is 0 Å². The normalized spacial score (nSPS) is 10.5. The van der Waals surface area contributed by atoms with Crippen LogP contribution >= 0.6 is 0 Å². The van der Waals surface area contributed by atoms with E-state index in [2.05, 4.69) is 15.4 Å². The van der Waals surface area contributed by atoms with Crippen molar-refractivity contribution in [2.24, 2.45) is 5.84 Å². The number of rotatable bonds is 1. The van der Waals surface area contributed by atoms with Crippen LogP contribution in [0.1, 0.15) is 0 Å². The highest BCUT2D eigenvalue weighted by Gasteiger charge is 2.00. The number of nitrogen functional groups attached to an aromatic ring is 1. The van der Waals surface area contributed by atoms with Crippen LogP contribution < -0.4 is 11.3 Å². The van der Waals surface area contributed by atoms with Gasteiger partial charge in [0.15, 0.2) is 0 Å². The maximum Gasteiger partial charge on any atom is 0.215 e. The standard InChI is InChI=1S/C7H7FN4/c8-4-1-2-5-6(3-4)11-7(10-5)12-9/h1-3H,9H2,(H2,10,11,12). The molecule has 1 aromatic heterocycles. The summed E-state index contributed by atoms with van der Waals surface area (Å²) in [7, 11) is 0. The summed E-state index contributed by atoms with van der Waals surface area (Å²) in [6.07, 6.45) is 0. The number of fused-ring (bicyclic) bond motifs is 1. The van der Waals surface area contributed by atoms with Crippen LogP contribution in [0.2, 0.25) is 0 Å². The number of aromatic nitrogens is 2. The number of aromatic amines is 1. The molecule has 0 fully saturated rings. The van der Waals surface area contributed by atoms with Gasteiger partial charge in [0, 0.05) is 0 Å². The first-order valence-electron chi connectivity index (χ1n) is 3.41. The van der Waals surface area contributed by atoms with E-state index in [1.807, 2.05) is 0 Å². The molecule has 0 aliphatic carbocycles. The van der Waals surface area contributed by atoms with Crippen LogP contribution in [0.15, 0.2) is 18.2 Å². The number of hydrogen-bond acceptors (Lipinski definition) is 3. The van der Waals surface area contributed by atoms with Crippen LogP contribution in [0.25, 0.3) is 11.0 Å². The molecule has 1 heterocycles. The van der Waals surface area contributed by atoms with Gasteiger partial charge in [-0.25, -0.2) is 15.2 Å². The van der Waals surface area contributed by atoms with Crippen molar-refractivity contribution in [3.63, 3.8) is 0 Å². The molecule has 1 aromatic carbocycles. The molecule has 0 bridgehead atoms. The average Bonchev–Trinajstić information content (AvgIpc) is 2.46. The Morgan fingerprint density at radius 3 is 3.08 bits per heavy atom. The van der Waals surface area contributed by atoms with Crippen molar-refractivity contribution in [2.45, 2.75) is 0 Å². The largest absolute Gasteiger partial charge is 0.323 e. The van der Waals surface area contributed by atoms with Gasteiger partial charge < -0.3 is 4.98 Å². The van der Waals surface area contributed by atoms with Gasteiger partial charge in [-0.3, -0.25) is 5.43 Å². The summed E-state index contributed by atoms with van der Waals surface area (Å²) in [6.45, 7) is 0. The molecule has 0 aliphatic rings. The van der Waals surface area contributed by atoms with Crippen LogP contribution in [-0.2, 0) is 0 Å². The van der Waals surface area contributed by atoms with Crippen molar-refractivity contribution < 1.29 is 4.39 Å². The molecule has 0 spiro atoms. The van der Waals surface area contributed by atoms with E-state index in [9.17, 15) is 4.39 Å². The lowest BCUT2D eigenvalue weighted by Crippen LogP contribution is -2.07. The van der Waals surface area contributed by atoms with E-state index < -0.39 is 0 Å². The Balaban J connectivity index is 2.67. The molecule has 0 saturated carbocycles. The first-order chi connectivity index (χ1) is 5.79. The molecule has 4 nitrogen and oxygen atoms in total. The zero-order valence-electron chi connectivity index (χ0n) is 6.13. The van der Waals surface area contributed by atoms with Gasteiger partial charge in [-0.15, -0.1) is 0 Å². The molecule has 0 radical (unpaired) electrons. The molecule has 4 N–H and O–H groups in total. The van der Waals surface area contributed by atoms with Crippen LogP contribution in [0, 0.1) is 5.82 Å². The summed E-state index contributed by atoms with van der Waals surface area (Å²) in [4.78, 5) is 6.81. The molecular formula is C7H7FN4. The topological polar surface area (TPSA) is 66.7 Å². The molecule has 5 heteroatoms. The van der Waals surface area contributed by atoms with Crippen LogP contribution in [0.5, 0.6) is 0 Å². The van der Waals surface area contributed by atoms with Crippen molar-refractivity contribution in [3.05, 3.63) is 24.0 Å². The molecule has 0 saturated heterocycles. The van der Waals surface area contributed by atoms with Gasteiger partial charge in [0.2, 0.25) is 5.95 Å². The zero-order valence-corrected chi connectivity index (χ0v) is 6.13. The fourth-order valence-corrected chi connectivity index (χ4v) is 1.05. The third-order valence-corrected chi connectivity index (χ3v) is 1.58. The lowest BCUT2D eigenvalue weighted by Gasteiger charge is -1.87. The average molecular weight is 166 g/mol. The Hall–Kier alpha value is -1.62. The van der Waals surface area contributed by atoms with Gasteiger partial charge in [0.05, 0.1) is 11.0 Å². The van der Waals surface area contributed by atoms with Crippen molar-refractivity contribution >= 4 is 17.0 Å². The lowest BCUT2D eigenvalue weighted by atomic mass is 10.3. The Bertz CT molecular complexity index is 409. The summed E-state index contributed by atoms with van der Waals surface area (Å²) in [5.74, 6) is 5.24. The van der Waals surface area contributed by atoms with E-state index in [4.69, 9.17) is 5.84 Å². The number of nitrogens with one attached hydrogen (secondary N) is 2. The third-order valence-electron chi connectivity index (χ3n) is 1.58. The number of nitrogens with zero attached hydrogens (tertiary/aromatic N) is 1. The second kappa shape index (κ2) is 2.46. The number of nitrogens with two attached hydrogens (primary N) is 1. The zero-order chi connectivity index (χ0) is 8.55. The van der Waals surface area contributed by atoms with E-state index in [1.54, 1.807) is 6.07 Å². The molecule has 12 heavy (non-hydrogen) atoms. The van der Waals surface area contributed by atoms with Crippen molar-refractivity contribution in [3.8, 4) is 0 Å². The Kier molecular flexibility index (Phi) is 1.44. The first-order valence-corrected chi connectivity index (χ1v) is 3.41. The minimum Gasteiger partial charge on any atom is -0.323 e. The maximum atomic E-state index is 12.7. The number of H-pyrrole nitrogens is 1. The minimum absolute atomic E-state index is 0.297. The number of hydrazine groups is 1. The van der Waals surface area contributed by atoms with Crippen molar-refractivity contribution in [2.75, 3.05) is 5.43 Å². The molecule has 0 aliphatic heterocycles. The quantitative estimate of drug-likeness (QED) is 0.437.